The molecule has 0 unspecified atom stereocenters. The maximum Gasteiger partial charge on any atom is 0.327 e. The zero-order valence-corrected chi connectivity index (χ0v) is 80.7. The lowest BCUT2D eigenvalue weighted by Crippen LogP contribution is -2.63. The van der Waals surface area contributed by atoms with E-state index in [2.05, 4.69) is 115 Å². The molecule has 17 atom stereocenters. The molecule has 47 nitrogen and oxygen atoms in total. The van der Waals surface area contributed by atoms with Gasteiger partial charge in [0.2, 0.25) is 118 Å². The summed E-state index contributed by atoms with van der Waals surface area (Å²) in [5.41, 5.74) is 22.3. The number of guanidine groups is 1. The van der Waals surface area contributed by atoms with E-state index in [1.54, 1.807) is 96.9 Å². The predicted molar refractivity (Wildman–Crippen MR) is 492 cm³/mol. The van der Waals surface area contributed by atoms with E-state index in [4.69, 9.17) is 22.9 Å². The monoisotopic (exact) mass is 1920 g/mol. The summed E-state index contributed by atoms with van der Waals surface area (Å²) >= 11 is 8.02. The Kier molecular flexibility index (Phi) is 49.4. The summed E-state index contributed by atoms with van der Waals surface area (Å²) in [5, 5.41) is 60.6. The van der Waals surface area contributed by atoms with Crippen molar-refractivity contribution in [3.05, 3.63) is 0 Å². The molecule has 49 heteroatoms. The van der Waals surface area contributed by atoms with Gasteiger partial charge in [0.1, 0.15) is 90.6 Å². The minimum Gasteiger partial charge on any atom is -0.480 e. The Hall–Kier alpha value is -11.2. The van der Waals surface area contributed by atoms with Crippen molar-refractivity contribution in [3.8, 4) is 0 Å². The number of hydrogen-bond donors (Lipinski definition) is 24. The Morgan fingerprint density at radius 3 is 1.20 bits per heavy atom. The molecule has 3 aliphatic heterocycles. The van der Waals surface area contributed by atoms with Gasteiger partial charge in [-0.05, 0) is 126 Å². The number of thiol groups is 2. The van der Waals surface area contributed by atoms with Crippen LogP contribution >= 0.6 is 25.3 Å². The number of carbonyl (C=O) groups is 21. The van der Waals surface area contributed by atoms with Crippen LogP contribution in [0.25, 0.3) is 0 Å². The summed E-state index contributed by atoms with van der Waals surface area (Å²) in [4.78, 5) is 293. The van der Waals surface area contributed by atoms with Crippen molar-refractivity contribution in [2.45, 2.75) is 291 Å². The third-order valence-electron chi connectivity index (χ3n) is 22.2. The molecule has 0 aromatic carbocycles. The zero-order chi connectivity index (χ0) is 101. The molecule has 3 heterocycles. The standard InChI is InChI=1S/C84H144N24O23S2/c1-39(2)31-51(97-76(123)63(42(7)8)101-70(117)49(21-17-27-89-84(87)88)95-60(113)35-91-58(111)33-90-59(112)34-93-72(119)54-22-18-28-106(54)80(127)48(85)37-132)71(118)96-50(25-26-57(86)110)69(116)92-36-61(114)100-62(41(5)6)75(122)98-52(32-40(3)4)81(128)107-29-19-23-55(107)73(120)94-46(15)68(115)104-66(45(13)14)82(129)108-30-20-24-56(108)74(121)105-67(47(16)109)79(126)103-65(44(11)12)78(125)102-64(43(9)10)77(124)99-53(38-133)83(130)131/h39-56,62-67,109,132-133H,17-38,85H2,1-16H3,(H2,86,110)(H,90,112)(H,91,111)(H,92,116)(H,93,119)(H,94,120)(H,95,113)(H,96,118)(H,97,123)(H,98,122)(H,99,124)(H,100,114)(H,101,117)(H,102,125)(H,103,126)(H,104,115)(H,105,121)(H,130,131)(H4,87,88,89)/t46-,47+,48-,49-,50-,51-,52-,53-,54-,55-,56-,62-,63-,64-,65-,66-,67-/m0/s1. The number of hydrogen-bond acceptors (Lipinski definition) is 26. The van der Waals surface area contributed by atoms with E-state index >= 15 is 0 Å². The number of rotatable bonds is 55. The van der Waals surface area contributed by atoms with Gasteiger partial charge in [0.25, 0.3) is 0 Å². The molecule has 26 N–H and O–H groups in total. The average Bonchev–Trinajstić information content (AvgIpc) is 1.76. The van der Waals surface area contributed by atoms with Gasteiger partial charge in [-0.3, -0.25) is 101 Å². The van der Waals surface area contributed by atoms with E-state index in [-0.39, 0.29) is 87.5 Å². The Balaban J connectivity index is 1.71. The predicted octanol–water partition coefficient (Wildman–Crippen LogP) is -7.39. The lowest BCUT2D eigenvalue weighted by atomic mass is 9.98. The second-order valence-corrected chi connectivity index (χ2v) is 36.8. The van der Waals surface area contributed by atoms with Gasteiger partial charge in [-0.15, -0.1) is 0 Å². The number of likely N-dealkylation sites (tertiary alicyclic amines) is 3. The quantitative estimate of drug-likeness (QED) is 0.0116. The molecule has 3 rings (SSSR count). The maximum absolute atomic E-state index is 14.7. The fourth-order valence-corrected chi connectivity index (χ4v) is 15.2. The van der Waals surface area contributed by atoms with Gasteiger partial charge in [0, 0.05) is 44.1 Å². The molecule has 0 spiro atoms. The number of carbonyl (C=O) groups excluding carboxylic acids is 20. The first-order chi connectivity index (χ1) is 62.2. The first-order valence-corrected chi connectivity index (χ1v) is 46.3. The Labute approximate surface area is 786 Å². The van der Waals surface area contributed by atoms with Crippen molar-refractivity contribution in [3.63, 3.8) is 0 Å². The lowest BCUT2D eigenvalue weighted by molar-refractivity contribution is -0.144. The molecule has 0 aromatic heterocycles. The molecular formula is C84H144N24O23S2. The van der Waals surface area contributed by atoms with Crippen LogP contribution in [0.5, 0.6) is 0 Å². The molecule has 133 heavy (non-hydrogen) atoms. The SMILES string of the molecule is CC(C)C[C@H](NC(=O)[C@@H](NC(=O)[C@H](CCCN=C(N)N)NC(=O)CNC(=O)CNC(=O)CNC(=O)[C@@H]1CCCN1C(=O)[C@@H](N)CS)C(C)C)C(=O)N[C@@H](CCC(N)=O)C(=O)NCC(=O)N[C@H](C(=O)N[C@@H](CC(C)C)C(=O)N1CCC[C@H]1C(=O)N[C@@H](C)C(=O)N[C@H](C(=O)N1CCC[C@H]1C(=O)N[C@H](C(=O)N[C@H](C(=O)N[C@H](C(=O)N[C@@H](CS)C(=O)O)C(C)C)C(C)C)[C@@H](C)O)C(C)C)C(C)C. The Morgan fingerprint density at radius 1 is 0.368 bits per heavy atom. The third-order valence-corrected chi connectivity index (χ3v) is 22.9. The van der Waals surface area contributed by atoms with Crippen LogP contribution in [-0.4, -0.2) is 322 Å². The fourth-order valence-electron chi connectivity index (χ4n) is 14.8. The summed E-state index contributed by atoms with van der Waals surface area (Å²) in [7, 11) is 0. The molecule has 0 aromatic rings. The molecule has 3 saturated heterocycles. The number of nitrogens with two attached hydrogens (primary N) is 4. The van der Waals surface area contributed by atoms with Gasteiger partial charge in [-0.1, -0.05) is 96.9 Å². The number of nitrogens with zero attached hydrogens (tertiary/aromatic N) is 4. The second kappa shape index (κ2) is 56.7. The number of carboxylic acid groups (broad SMARTS) is 1. The van der Waals surface area contributed by atoms with Gasteiger partial charge in [-0.2, -0.15) is 25.3 Å². The number of aliphatic hydroxyl groups excluding tert-OH is 1. The van der Waals surface area contributed by atoms with E-state index in [0.717, 1.165) is 0 Å². The minimum atomic E-state index is -1.68. The van der Waals surface area contributed by atoms with Crippen LogP contribution in [0, 0.1) is 41.4 Å². The third kappa shape index (κ3) is 38.3. The van der Waals surface area contributed by atoms with Crippen molar-refractivity contribution in [1.82, 2.24) is 99.8 Å². The number of amides is 20. The first kappa shape index (κ1) is 116. The maximum atomic E-state index is 14.7. The molecule has 0 radical (unpaired) electrons. The van der Waals surface area contributed by atoms with E-state index in [1.807, 2.05) is 0 Å². The van der Waals surface area contributed by atoms with Crippen molar-refractivity contribution in [2.75, 3.05) is 63.9 Å². The highest BCUT2D eigenvalue weighted by Crippen LogP contribution is 2.25. The zero-order valence-electron chi connectivity index (χ0n) is 78.9. The van der Waals surface area contributed by atoms with Crippen LogP contribution in [0.1, 0.15) is 188 Å². The number of carboxylic acids is 1. The molecule has 0 aliphatic carbocycles. The summed E-state index contributed by atoms with van der Waals surface area (Å²) in [6.07, 6.45) is -0.740. The van der Waals surface area contributed by atoms with Crippen LogP contribution in [-0.2, 0) is 101 Å². The van der Waals surface area contributed by atoms with Crippen LogP contribution in [0.2, 0.25) is 0 Å². The van der Waals surface area contributed by atoms with Crippen molar-refractivity contribution >= 4 is 155 Å². The summed E-state index contributed by atoms with van der Waals surface area (Å²) in [5.74, 6) is -21.9. The number of aliphatic hydroxyl groups is 1. The number of primary amides is 1. The number of aliphatic imine (C=N–C) groups is 1. The highest BCUT2D eigenvalue weighted by Gasteiger charge is 2.46. The average molecular weight is 1920 g/mol. The van der Waals surface area contributed by atoms with E-state index < -0.39 is 295 Å². The number of nitrogens with one attached hydrogen (secondary N) is 16. The molecule has 3 aliphatic rings. The second-order valence-electron chi connectivity index (χ2n) is 36.1. The summed E-state index contributed by atoms with van der Waals surface area (Å²) in [6, 6.07) is -20.9. The lowest BCUT2D eigenvalue weighted by Gasteiger charge is -2.33. The smallest absolute Gasteiger partial charge is 0.327 e. The molecular weight excluding hydrogens is 1780 g/mol. The molecule has 3 fully saturated rings. The van der Waals surface area contributed by atoms with Crippen molar-refractivity contribution < 1.29 is 111 Å². The van der Waals surface area contributed by atoms with E-state index in [9.17, 15) is 111 Å². The highest BCUT2D eigenvalue weighted by molar-refractivity contribution is 7.80. The van der Waals surface area contributed by atoms with Crippen LogP contribution in [0.4, 0.5) is 0 Å². The highest BCUT2D eigenvalue weighted by atomic mass is 32.1. The first-order valence-electron chi connectivity index (χ1n) is 45.0. The van der Waals surface area contributed by atoms with Crippen molar-refractivity contribution in [1.29, 1.82) is 0 Å². The van der Waals surface area contributed by atoms with Crippen LogP contribution in [0.3, 0.4) is 0 Å². The normalized spacial score (nSPS) is 18.0. The summed E-state index contributed by atoms with van der Waals surface area (Å²) < 4.78 is 0. The Bertz CT molecular complexity index is 4110. The van der Waals surface area contributed by atoms with Crippen LogP contribution in [0.15, 0.2) is 4.99 Å². The van der Waals surface area contributed by atoms with Gasteiger partial charge in [0.05, 0.1) is 38.3 Å². The van der Waals surface area contributed by atoms with E-state index in [1.165, 1.54) is 28.5 Å². The largest absolute Gasteiger partial charge is 0.480 e. The van der Waals surface area contributed by atoms with E-state index in [0.29, 0.717) is 32.2 Å². The molecule has 750 valence electrons. The summed E-state index contributed by atoms with van der Waals surface area (Å²) in [6.45, 7) is 23.2. The minimum absolute atomic E-state index is 0.00121. The molecule has 0 bridgehead atoms. The van der Waals surface area contributed by atoms with Crippen molar-refractivity contribution in [2.24, 2.45) is 69.4 Å². The van der Waals surface area contributed by atoms with Gasteiger partial charge in [0.15, 0.2) is 5.96 Å². The van der Waals surface area contributed by atoms with Gasteiger partial charge in [-0.25, -0.2) is 4.79 Å². The fraction of sp³-hybridized carbons (Fsp3) is 0.738. The van der Waals surface area contributed by atoms with Gasteiger partial charge >= 0.3 is 5.97 Å². The van der Waals surface area contributed by atoms with Crippen LogP contribution < -0.4 is 108 Å². The number of aliphatic carboxylic acids is 1. The Morgan fingerprint density at radius 2 is 0.744 bits per heavy atom. The molecule has 20 amide bonds. The molecule has 0 saturated carbocycles. The van der Waals surface area contributed by atoms with Gasteiger partial charge < -0.3 is 133 Å². The topological polar surface area (TPSA) is 718 Å².